The Morgan fingerprint density at radius 1 is 1.18 bits per heavy atom. The van der Waals surface area contributed by atoms with Crippen molar-refractivity contribution in [1.82, 2.24) is 9.78 Å². The Labute approximate surface area is 168 Å². The van der Waals surface area contributed by atoms with E-state index in [9.17, 15) is 19.7 Å². The fourth-order valence-electron chi connectivity index (χ4n) is 2.58. The molecule has 0 aliphatic rings. The molecule has 1 heterocycles. The first-order valence-electron chi connectivity index (χ1n) is 8.22. The van der Waals surface area contributed by atoms with E-state index in [0.717, 1.165) is 5.56 Å². The number of carbonyl (C=O) groups excluding carboxylic acids is 2. The molecule has 0 spiro atoms. The zero-order chi connectivity index (χ0) is 20.3. The third kappa shape index (κ3) is 4.49. The van der Waals surface area contributed by atoms with E-state index in [1.54, 1.807) is 48.5 Å². The predicted octanol–water partition coefficient (Wildman–Crippen LogP) is 4.06. The highest BCUT2D eigenvalue weighted by atomic mass is 79.9. The number of benzene rings is 2. The van der Waals surface area contributed by atoms with Gasteiger partial charge in [0.1, 0.15) is 4.47 Å². The van der Waals surface area contributed by atoms with E-state index in [0.29, 0.717) is 21.3 Å². The number of hydrogen-bond donors (Lipinski definition) is 1. The molecule has 1 N–H and O–H groups in total. The number of amides is 1. The van der Waals surface area contributed by atoms with Crippen molar-refractivity contribution in [2.45, 2.75) is 13.5 Å². The number of ketones is 1. The number of aromatic nitrogens is 2. The van der Waals surface area contributed by atoms with Crippen LogP contribution in [0.3, 0.4) is 0 Å². The van der Waals surface area contributed by atoms with Gasteiger partial charge in [-0.15, -0.1) is 0 Å². The van der Waals surface area contributed by atoms with Crippen molar-refractivity contribution in [1.29, 1.82) is 0 Å². The van der Waals surface area contributed by atoms with Gasteiger partial charge in [-0.1, -0.05) is 12.1 Å². The second-order valence-electron chi connectivity index (χ2n) is 6.04. The minimum Gasteiger partial charge on any atom is -0.358 e. The molecule has 1 aromatic heterocycles. The van der Waals surface area contributed by atoms with E-state index in [4.69, 9.17) is 0 Å². The zero-order valence-corrected chi connectivity index (χ0v) is 16.3. The number of hydrogen-bond acceptors (Lipinski definition) is 5. The van der Waals surface area contributed by atoms with E-state index in [1.165, 1.54) is 17.8 Å². The molecule has 0 fully saturated rings. The van der Waals surface area contributed by atoms with Gasteiger partial charge in [0.2, 0.25) is 0 Å². The number of rotatable bonds is 6. The Hall–Kier alpha value is -3.33. The van der Waals surface area contributed by atoms with Crippen molar-refractivity contribution in [3.8, 4) is 0 Å². The van der Waals surface area contributed by atoms with Crippen LogP contribution in [0.4, 0.5) is 11.5 Å². The summed E-state index contributed by atoms with van der Waals surface area (Å²) in [7, 11) is 0. The quantitative estimate of drug-likeness (QED) is 0.351. The van der Waals surface area contributed by atoms with Gasteiger partial charge in [-0.05, 0) is 69.7 Å². The normalized spacial score (nSPS) is 10.5. The Kier molecular flexibility index (Phi) is 5.65. The van der Waals surface area contributed by atoms with Gasteiger partial charge in [-0.3, -0.25) is 9.59 Å². The SMILES string of the molecule is CC(=O)c1ccc(NC(=O)c2cccc(Cn3cc(Br)c([N+](=O)[O-])n3)c2)cc1. The van der Waals surface area contributed by atoms with Gasteiger partial charge in [0.05, 0.1) is 17.8 Å². The summed E-state index contributed by atoms with van der Waals surface area (Å²) in [5, 5.41) is 17.6. The van der Waals surface area contributed by atoms with Crippen molar-refractivity contribution < 1.29 is 14.5 Å². The highest BCUT2D eigenvalue weighted by Gasteiger charge is 2.18. The van der Waals surface area contributed by atoms with Crippen LogP contribution in [-0.2, 0) is 6.54 Å². The molecule has 0 saturated heterocycles. The summed E-state index contributed by atoms with van der Waals surface area (Å²) >= 11 is 3.11. The molecule has 28 heavy (non-hydrogen) atoms. The third-order valence-corrected chi connectivity index (χ3v) is 4.51. The van der Waals surface area contributed by atoms with Crippen LogP contribution in [0.2, 0.25) is 0 Å². The van der Waals surface area contributed by atoms with Gasteiger partial charge in [-0.2, -0.15) is 4.68 Å². The van der Waals surface area contributed by atoms with E-state index in [2.05, 4.69) is 26.3 Å². The maximum atomic E-state index is 12.5. The molecule has 142 valence electrons. The molecule has 9 heteroatoms. The first kappa shape index (κ1) is 19.4. The second kappa shape index (κ2) is 8.13. The summed E-state index contributed by atoms with van der Waals surface area (Å²) in [6.45, 7) is 1.76. The monoisotopic (exact) mass is 442 g/mol. The van der Waals surface area contributed by atoms with Gasteiger partial charge in [-0.25, -0.2) is 0 Å². The van der Waals surface area contributed by atoms with Crippen LogP contribution in [-0.4, -0.2) is 26.4 Å². The fourth-order valence-corrected chi connectivity index (χ4v) is 3.04. The minimum atomic E-state index is -0.568. The number of nitrogens with zero attached hydrogens (tertiary/aromatic N) is 3. The summed E-state index contributed by atoms with van der Waals surface area (Å²) < 4.78 is 1.72. The Balaban J connectivity index is 1.73. The first-order valence-corrected chi connectivity index (χ1v) is 9.01. The van der Waals surface area contributed by atoms with Crippen LogP contribution in [0.15, 0.2) is 59.2 Å². The van der Waals surface area contributed by atoms with Gasteiger partial charge in [0.15, 0.2) is 5.78 Å². The summed E-state index contributed by atoms with van der Waals surface area (Å²) in [5.74, 6) is -0.607. The lowest BCUT2D eigenvalue weighted by Crippen LogP contribution is -2.12. The molecule has 3 aromatic rings. The molecule has 0 aliphatic carbocycles. The van der Waals surface area contributed by atoms with E-state index < -0.39 is 4.92 Å². The standard InChI is InChI=1S/C19H15BrN4O4/c1-12(25)14-5-7-16(8-6-14)21-19(26)15-4-2-3-13(9-15)10-23-11-17(20)18(22-23)24(27)28/h2-9,11H,10H2,1H3,(H,21,26). The summed E-state index contributed by atoms with van der Waals surface area (Å²) in [4.78, 5) is 34.1. The molecular formula is C19H15BrN4O4. The van der Waals surface area contributed by atoms with Crippen molar-refractivity contribution in [3.63, 3.8) is 0 Å². The van der Waals surface area contributed by atoms with Crippen LogP contribution in [0, 0.1) is 10.1 Å². The first-order chi connectivity index (χ1) is 13.3. The Morgan fingerprint density at radius 2 is 1.89 bits per heavy atom. The number of nitrogens with one attached hydrogen (secondary N) is 1. The minimum absolute atomic E-state index is 0.0453. The molecule has 0 saturated carbocycles. The lowest BCUT2D eigenvalue weighted by atomic mass is 10.1. The lowest BCUT2D eigenvalue weighted by molar-refractivity contribution is -0.390. The topological polar surface area (TPSA) is 107 Å². The highest BCUT2D eigenvalue weighted by Crippen LogP contribution is 2.22. The molecule has 0 radical (unpaired) electrons. The number of Topliss-reactive ketones (excluding diaryl/α,β-unsaturated/α-hetero) is 1. The van der Waals surface area contributed by atoms with E-state index >= 15 is 0 Å². The third-order valence-electron chi connectivity index (χ3n) is 3.96. The second-order valence-corrected chi connectivity index (χ2v) is 6.90. The fraction of sp³-hybridized carbons (Fsp3) is 0.105. The summed E-state index contributed by atoms with van der Waals surface area (Å²) in [6.07, 6.45) is 1.52. The average Bonchev–Trinajstić information content (AvgIpc) is 3.02. The van der Waals surface area contributed by atoms with Crippen molar-refractivity contribution in [3.05, 3.63) is 86.0 Å². The summed E-state index contributed by atoms with van der Waals surface area (Å²) in [6, 6.07) is 13.5. The van der Waals surface area contributed by atoms with Crippen molar-refractivity contribution in [2.24, 2.45) is 0 Å². The van der Waals surface area contributed by atoms with Gasteiger partial charge >= 0.3 is 5.82 Å². The maximum Gasteiger partial charge on any atom is 0.404 e. The molecule has 0 unspecified atom stereocenters. The lowest BCUT2D eigenvalue weighted by Gasteiger charge is -2.07. The molecular weight excluding hydrogens is 428 g/mol. The Bertz CT molecular complexity index is 1060. The molecule has 8 nitrogen and oxygen atoms in total. The van der Waals surface area contributed by atoms with E-state index in [1.807, 2.05) is 0 Å². The molecule has 0 atom stereocenters. The van der Waals surface area contributed by atoms with Crippen LogP contribution < -0.4 is 5.32 Å². The van der Waals surface area contributed by atoms with Gasteiger partial charge < -0.3 is 15.4 Å². The zero-order valence-electron chi connectivity index (χ0n) is 14.8. The molecule has 3 rings (SSSR count). The largest absolute Gasteiger partial charge is 0.404 e. The van der Waals surface area contributed by atoms with Crippen molar-refractivity contribution >= 4 is 39.1 Å². The average molecular weight is 443 g/mol. The van der Waals surface area contributed by atoms with Crippen LogP contribution in [0.1, 0.15) is 33.2 Å². The molecule has 0 aliphatic heterocycles. The molecule has 2 aromatic carbocycles. The molecule has 1 amide bonds. The maximum absolute atomic E-state index is 12.5. The molecule has 0 bridgehead atoms. The number of nitro groups is 1. The van der Waals surface area contributed by atoms with Gasteiger partial charge in [0.25, 0.3) is 5.91 Å². The van der Waals surface area contributed by atoms with Crippen LogP contribution in [0.5, 0.6) is 0 Å². The highest BCUT2D eigenvalue weighted by molar-refractivity contribution is 9.10. The summed E-state index contributed by atoms with van der Waals surface area (Å²) in [5.41, 5.74) is 2.35. The predicted molar refractivity (Wildman–Crippen MR) is 107 cm³/mol. The smallest absolute Gasteiger partial charge is 0.358 e. The van der Waals surface area contributed by atoms with Crippen LogP contribution >= 0.6 is 15.9 Å². The van der Waals surface area contributed by atoms with Gasteiger partial charge in [0, 0.05) is 16.8 Å². The number of halogens is 1. The van der Waals surface area contributed by atoms with E-state index in [-0.39, 0.29) is 24.1 Å². The number of carbonyl (C=O) groups is 2. The Morgan fingerprint density at radius 3 is 2.50 bits per heavy atom. The van der Waals surface area contributed by atoms with Crippen LogP contribution in [0.25, 0.3) is 0 Å². The van der Waals surface area contributed by atoms with Crippen molar-refractivity contribution in [2.75, 3.05) is 5.32 Å². The number of anilines is 1.